The van der Waals surface area contributed by atoms with Gasteiger partial charge in [-0.1, -0.05) is 0 Å². The Bertz CT molecular complexity index is 977. The van der Waals surface area contributed by atoms with Crippen molar-refractivity contribution in [2.75, 3.05) is 12.8 Å². The maximum atomic E-state index is 15.1. The Morgan fingerprint density at radius 2 is 1.82 bits per heavy atom. The van der Waals surface area contributed by atoms with Crippen LogP contribution in [0.15, 0.2) is 41.7 Å². The van der Waals surface area contributed by atoms with Crippen LogP contribution < -0.4 is 5.73 Å². The van der Waals surface area contributed by atoms with Crippen LogP contribution in [0.3, 0.4) is 0 Å². The van der Waals surface area contributed by atoms with Gasteiger partial charge in [-0.2, -0.15) is 0 Å². The van der Waals surface area contributed by atoms with E-state index in [1.807, 2.05) is 0 Å². The summed E-state index contributed by atoms with van der Waals surface area (Å²) in [6.07, 6.45) is 3.54. The molecule has 1 aliphatic rings. The third kappa shape index (κ3) is 3.75. The van der Waals surface area contributed by atoms with E-state index in [2.05, 4.69) is 0 Å². The molecular formula is C21H19F4NO2. The average molecular weight is 393 g/mol. The Balaban J connectivity index is 2.27. The number of hydrogen-bond donors (Lipinski definition) is 2. The molecule has 0 amide bonds. The molecule has 2 aromatic rings. The molecule has 3 nitrogen and oxygen atoms in total. The predicted molar refractivity (Wildman–Crippen MR) is 98.4 cm³/mol. The minimum absolute atomic E-state index is 0.0168. The molecule has 1 saturated carbocycles. The van der Waals surface area contributed by atoms with Crippen LogP contribution in [0.4, 0.5) is 23.2 Å². The molecule has 0 spiro atoms. The number of aliphatic hydroxyl groups is 1. The van der Waals surface area contributed by atoms with E-state index in [0.717, 1.165) is 24.1 Å². The maximum Gasteiger partial charge on any atom is 0.167 e. The Kier molecular flexibility index (Phi) is 5.74. The summed E-state index contributed by atoms with van der Waals surface area (Å²) < 4.78 is 61.5. The lowest BCUT2D eigenvalue weighted by Crippen LogP contribution is -2.07. The maximum absolute atomic E-state index is 15.1. The molecule has 148 valence electrons. The number of benzene rings is 2. The molecule has 0 radical (unpaired) electrons. The van der Waals surface area contributed by atoms with Gasteiger partial charge >= 0.3 is 0 Å². The Morgan fingerprint density at radius 3 is 2.39 bits per heavy atom. The second-order valence-corrected chi connectivity index (χ2v) is 6.58. The molecule has 1 aliphatic carbocycles. The van der Waals surface area contributed by atoms with Crippen molar-refractivity contribution in [3.8, 4) is 0 Å². The fourth-order valence-electron chi connectivity index (χ4n) is 3.05. The number of halogens is 4. The molecule has 3 N–H and O–H groups in total. The first-order chi connectivity index (χ1) is 13.3. The molecule has 0 atom stereocenters. The van der Waals surface area contributed by atoms with Gasteiger partial charge in [-0.15, -0.1) is 0 Å². The topological polar surface area (TPSA) is 55.5 Å². The molecule has 1 fully saturated rings. The highest BCUT2D eigenvalue weighted by Crippen LogP contribution is 2.36. The summed E-state index contributed by atoms with van der Waals surface area (Å²) in [6, 6.07) is 4.13. The van der Waals surface area contributed by atoms with Crippen LogP contribution in [0, 0.1) is 23.3 Å². The zero-order chi connectivity index (χ0) is 20.4. The Hall–Kier alpha value is -2.80. The van der Waals surface area contributed by atoms with Gasteiger partial charge in [0.25, 0.3) is 0 Å². The van der Waals surface area contributed by atoms with Crippen molar-refractivity contribution in [3.63, 3.8) is 0 Å². The zero-order valence-corrected chi connectivity index (χ0v) is 15.2. The second kappa shape index (κ2) is 8.06. The van der Waals surface area contributed by atoms with Crippen molar-refractivity contribution in [2.45, 2.75) is 25.9 Å². The predicted octanol–water partition coefficient (Wildman–Crippen LogP) is 5.40. The molecule has 28 heavy (non-hydrogen) atoms. The summed E-state index contributed by atoms with van der Waals surface area (Å²) in [6.45, 7) is -0.484. The Labute approximate surface area is 159 Å². The fourth-order valence-corrected chi connectivity index (χ4v) is 3.05. The van der Waals surface area contributed by atoms with Crippen molar-refractivity contribution in [3.05, 3.63) is 81.6 Å². The van der Waals surface area contributed by atoms with E-state index in [0.29, 0.717) is 18.9 Å². The van der Waals surface area contributed by atoms with E-state index in [1.54, 1.807) is 0 Å². The van der Waals surface area contributed by atoms with E-state index in [4.69, 9.17) is 10.5 Å². The Morgan fingerprint density at radius 1 is 1.11 bits per heavy atom. The molecule has 3 rings (SSSR count). The van der Waals surface area contributed by atoms with Crippen LogP contribution in [-0.4, -0.2) is 12.2 Å². The van der Waals surface area contributed by atoms with Gasteiger partial charge in [-0.05, 0) is 60.8 Å². The van der Waals surface area contributed by atoms with E-state index in [1.165, 1.54) is 19.3 Å². The molecule has 2 aromatic carbocycles. The smallest absolute Gasteiger partial charge is 0.167 e. The van der Waals surface area contributed by atoms with E-state index in [9.17, 15) is 18.3 Å². The van der Waals surface area contributed by atoms with Crippen molar-refractivity contribution < 1.29 is 27.4 Å². The normalized spacial score (nSPS) is 14.2. The first-order valence-electron chi connectivity index (χ1n) is 8.67. The highest BCUT2D eigenvalue weighted by Gasteiger charge is 2.23. The summed E-state index contributed by atoms with van der Waals surface area (Å²) in [7, 11) is 1.23. The molecule has 0 aromatic heterocycles. The molecule has 0 aliphatic heterocycles. The largest absolute Gasteiger partial charge is 0.508 e. The number of rotatable bonds is 5. The van der Waals surface area contributed by atoms with Gasteiger partial charge in [-0.25, -0.2) is 17.6 Å². The molecule has 0 unspecified atom stereocenters. The zero-order valence-electron chi connectivity index (χ0n) is 15.2. The first kappa shape index (κ1) is 19.9. The minimum atomic E-state index is -1.35. The summed E-state index contributed by atoms with van der Waals surface area (Å²) in [5.41, 5.74) is 5.91. The number of nitrogens with two attached hydrogens (primary N) is 1. The van der Waals surface area contributed by atoms with Gasteiger partial charge in [0, 0.05) is 23.9 Å². The molecule has 0 saturated heterocycles. The van der Waals surface area contributed by atoms with Crippen LogP contribution in [-0.2, 0) is 11.3 Å². The van der Waals surface area contributed by atoms with Crippen molar-refractivity contribution in [1.29, 1.82) is 0 Å². The summed E-state index contributed by atoms with van der Waals surface area (Å²) in [4.78, 5) is 0. The quantitative estimate of drug-likeness (QED) is 0.310. The van der Waals surface area contributed by atoms with Crippen LogP contribution in [0.2, 0.25) is 0 Å². The number of aliphatic hydroxyl groups excluding tert-OH is 1. The molecule has 7 heteroatoms. The number of anilines is 1. The summed E-state index contributed by atoms with van der Waals surface area (Å²) >= 11 is 0. The fraction of sp³-hybridized carbons (Fsp3) is 0.238. The lowest BCUT2D eigenvalue weighted by molar-refractivity contribution is 0.176. The third-order valence-corrected chi connectivity index (χ3v) is 4.73. The van der Waals surface area contributed by atoms with Crippen LogP contribution >= 0.6 is 0 Å². The van der Waals surface area contributed by atoms with Gasteiger partial charge in [0.15, 0.2) is 11.6 Å². The van der Waals surface area contributed by atoms with Gasteiger partial charge in [-0.3, -0.25) is 0 Å². The second-order valence-electron chi connectivity index (χ2n) is 6.58. The monoisotopic (exact) mass is 393 g/mol. The average Bonchev–Trinajstić information content (AvgIpc) is 2.59. The number of hydrogen-bond acceptors (Lipinski definition) is 3. The van der Waals surface area contributed by atoms with Crippen molar-refractivity contribution in [2.24, 2.45) is 0 Å². The number of allylic oxidation sites excluding steroid dienone is 2. The SMILES string of the molecule is COCc1c(F)c(F)cc(/C(=C\C(O)=C2CCC2)c2ccc(F)cc2N)c1F. The van der Waals surface area contributed by atoms with Crippen LogP contribution in [0.1, 0.15) is 36.0 Å². The molecule has 0 bridgehead atoms. The van der Waals surface area contributed by atoms with E-state index in [-0.39, 0.29) is 28.1 Å². The number of methoxy groups -OCH3 is 1. The first-order valence-corrected chi connectivity index (χ1v) is 8.67. The van der Waals surface area contributed by atoms with Crippen LogP contribution in [0.5, 0.6) is 0 Å². The third-order valence-electron chi connectivity index (χ3n) is 4.73. The van der Waals surface area contributed by atoms with E-state index >= 15 is 4.39 Å². The highest BCUT2D eigenvalue weighted by molar-refractivity contribution is 5.87. The summed E-state index contributed by atoms with van der Waals surface area (Å²) in [5, 5.41) is 10.4. The van der Waals surface area contributed by atoms with Gasteiger partial charge in [0.05, 0.1) is 12.2 Å². The molecule has 0 heterocycles. The van der Waals surface area contributed by atoms with Gasteiger partial charge in [0.2, 0.25) is 0 Å². The lowest BCUT2D eigenvalue weighted by atomic mass is 9.88. The minimum Gasteiger partial charge on any atom is -0.508 e. The number of nitrogen functional groups attached to an aromatic ring is 1. The van der Waals surface area contributed by atoms with Crippen LogP contribution in [0.25, 0.3) is 5.57 Å². The lowest BCUT2D eigenvalue weighted by Gasteiger charge is -2.19. The van der Waals surface area contributed by atoms with Gasteiger partial charge in [0.1, 0.15) is 17.4 Å². The number of ether oxygens (including phenoxy) is 1. The highest BCUT2D eigenvalue weighted by atomic mass is 19.2. The van der Waals surface area contributed by atoms with Crippen molar-refractivity contribution in [1.82, 2.24) is 0 Å². The molecular weight excluding hydrogens is 374 g/mol. The standard InChI is InChI=1S/C21H19F4NO2/c1-28-10-16-20(24)15(8-17(23)21(16)25)14(9-19(27)11-3-2-4-11)13-6-5-12(22)7-18(13)26/h5-9,27H,2-4,10,26H2,1H3/b14-9-. The van der Waals surface area contributed by atoms with E-state index < -0.39 is 35.4 Å². The van der Waals surface area contributed by atoms with Crippen molar-refractivity contribution >= 4 is 11.3 Å². The summed E-state index contributed by atoms with van der Waals surface area (Å²) in [5.74, 6) is -4.36. The van der Waals surface area contributed by atoms with Gasteiger partial charge < -0.3 is 15.6 Å².